The van der Waals surface area contributed by atoms with Crippen molar-refractivity contribution in [3.63, 3.8) is 0 Å². The van der Waals surface area contributed by atoms with Gasteiger partial charge in [-0.05, 0) is 53.9 Å². The number of aryl methyl sites for hydroxylation is 1. The molecule has 3 aromatic rings. The lowest BCUT2D eigenvalue weighted by Gasteiger charge is -2.08. The van der Waals surface area contributed by atoms with Gasteiger partial charge < -0.3 is 15.4 Å². The van der Waals surface area contributed by atoms with Crippen molar-refractivity contribution < 1.29 is 14.3 Å². The number of nitrogens with zero attached hydrogens (tertiary/aromatic N) is 1. The SMILES string of the molecule is CCc1ccc(NC(=O)c2ccnc(C(=O)NCc3ccc(OC)cc3)c2)cc1. The van der Waals surface area contributed by atoms with Crippen LogP contribution in [-0.4, -0.2) is 23.9 Å². The molecule has 2 amide bonds. The number of aromatic nitrogens is 1. The van der Waals surface area contributed by atoms with Gasteiger partial charge in [0.2, 0.25) is 0 Å². The summed E-state index contributed by atoms with van der Waals surface area (Å²) in [6, 6.07) is 18.1. The largest absolute Gasteiger partial charge is 0.497 e. The Bertz CT molecular complexity index is 983. The normalized spacial score (nSPS) is 10.3. The van der Waals surface area contributed by atoms with E-state index >= 15 is 0 Å². The molecule has 0 aliphatic carbocycles. The number of carbonyl (C=O) groups is 2. The molecule has 6 nitrogen and oxygen atoms in total. The van der Waals surface area contributed by atoms with Gasteiger partial charge in [-0.3, -0.25) is 14.6 Å². The quantitative estimate of drug-likeness (QED) is 0.643. The maximum absolute atomic E-state index is 12.5. The Balaban J connectivity index is 1.62. The molecule has 0 radical (unpaired) electrons. The average Bonchev–Trinajstić information content (AvgIpc) is 2.78. The zero-order chi connectivity index (χ0) is 20.6. The topological polar surface area (TPSA) is 80.3 Å². The van der Waals surface area contributed by atoms with E-state index in [1.165, 1.54) is 17.8 Å². The molecule has 0 saturated heterocycles. The summed E-state index contributed by atoms with van der Waals surface area (Å²) in [6.07, 6.45) is 2.39. The van der Waals surface area contributed by atoms with Crippen molar-refractivity contribution in [2.75, 3.05) is 12.4 Å². The number of methoxy groups -OCH3 is 1. The zero-order valence-corrected chi connectivity index (χ0v) is 16.4. The smallest absolute Gasteiger partial charge is 0.270 e. The molecule has 0 spiro atoms. The Kier molecular flexibility index (Phi) is 6.58. The van der Waals surface area contributed by atoms with Crippen LogP contribution in [0.3, 0.4) is 0 Å². The van der Waals surface area contributed by atoms with Gasteiger partial charge in [0, 0.05) is 24.0 Å². The van der Waals surface area contributed by atoms with Crippen molar-refractivity contribution in [3.05, 3.63) is 89.2 Å². The summed E-state index contributed by atoms with van der Waals surface area (Å²) in [6.45, 7) is 2.43. The van der Waals surface area contributed by atoms with Gasteiger partial charge in [0.15, 0.2) is 0 Å². The molecule has 0 fully saturated rings. The molecule has 0 unspecified atom stereocenters. The van der Waals surface area contributed by atoms with Gasteiger partial charge in [-0.2, -0.15) is 0 Å². The standard InChI is InChI=1S/C23H23N3O3/c1-3-16-4-8-19(9-5-16)26-22(27)18-12-13-24-21(14-18)23(28)25-15-17-6-10-20(29-2)11-7-17/h4-14H,3,15H2,1-2H3,(H,25,28)(H,26,27). The molecule has 148 valence electrons. The summed E-state index contributed by atoms with van der Waals surface area (Å²) in [5.41, 5.74) is 3.39. The highest BCUT2D eigenvalue weighted by atomic mass is 16.5. The minimum absolute atomic E-state index is 0.187. The van der Waals surface area contributed by atoms with E-state index in [4.69, 9.17) is 4.74 Å². The first-order chi connectivity index (χ1) is 14.1. The Labute approximate surface area is 169 Å². The van der Waals surface area contributed by atoms with Crippen LogP contribution in [0.25, 0.3) is 0 Å². The number of amides is 2. The third kappa shape index (κ3) is 5.42. The molecule has 6 heteroatoms. The highest BCUT2D eigenvalue weighted by Crippen LogP contribution is 2.13. The highest BCUT2D eigenvalue weighted by molar-refractivity contribution is 6.05. The maximum Gasteiger partial charge on any atom is 0.270 e. The predicted octanol–water partition coefficient (Wildman–Crippen LogP) is 3.83. The number of anilines is 1. The van der Waals surface area contributed by atoms with Crippen LogP contribution in [0, 0.1) is 0 Å². The van der Waals surface area contributed by atoms with E-state index in [0.29, 0.717) is 17.8 Å². The number of ether oxygens (including phenoxy) is 1. The molecule has 29 heavy (non-hydrogen) atoms. The van der Waals surface area contributed by atoms with Crippen molar-refractivity contribution in [3.8, 4) is 5.75 Å². The lowest BCUT2D eigenvalue weighted by molar-refractivity contribution is 0.0946. The summed E-state index contributed by atoms with van der Waals surface area (Å²) in [5.74, 6) is 0.119. The van der Waals surface area contributed by atoms with Crippen LogP contribution < -0.4 is 15.4 Å². The molecule has 0 aliphatic rings. The maximum atomic E-state index is 12.5. The van der Waals surface area contributed by atoms with Crippen LogP contribution in [0.15, 0.2) is 66.9 Å². The van der Waals surface area contributed by atoms with Gasteiger partial charge in [0.05, 0.1) is 7.11 Å². The minimum Gasteiger partial charge on any atom is -0.497 e. The van der Waals surface area contributed by atoms with E-state index in [2.05, 4.69) is 22.5 Å². The minimum atomic E-state index is -0.345. The third-order valence-electron chi connectivity index (χ3n) is 4.49. The molecule has 0 atom stereocenters. The van der Waals surface area contributed by atoms with Gasteiger partial charge >= 0.3 is 0 Å². The molecule has 3 rings (SSSR count). The molecule has 0 aliphatic heterocycles. The second-order valence-corrected chi connectivity index (χ2v) is 6.47. The van der Waals surface area contributed by atoms with Crippen molar-refractivity contribution in [2.45, 2.75) is 19.9 Å². The zero-order valence-electron chi connectivity index (χ0n) is 16.4. The number of nitrogens with one attached hydrogen (secondary N) is 2. The van der Waals surface area contributed by atoms with E-state index in [0.717, 1.165) is 17.7 Å². The fourth-order valence-corrected chi connectivity index (χ4v) is 2.74. The number of carbonyl (C=O) groups excluding carboxylic acids is 2. The molecule has 1 heterocycles. The molecule has 2 N–H and O–H groups in total. The van der Waals surface area contributed by atoms with E-state index < -0.39 is 0 Å². The van der Waals surface area contributed by atoms with Gasteiger partial charge in [-0.25, -0.2) is 0 Å². The summed E-state index contributed by atoms with van der Waals surface area (Å²) < 4.78 is 5.12. The molecule has 1 aromatic heterocycles. The Hall–Kier alpha value is -3.67. The summed E-state index contributed by atoms with van der Waals surface area (Å²) in [7, 11) is 1.60. The first-order valence-corrected chi connectivity index (χ1v) is 9.36. The van der Waals surface area contributed by atoms with Crippen LogP contribution in [0.5, 0.6) is 5.75 Å². The van der Waals surface area contributed by atoms with E-state index in [9.17, 15) is 9.59 Å². The van der Waals surface area contributed by atoms with Crippen molar-refractivity contribution in [2.24, 2.45) is 0 Å². The van der Waals surface area contributed by atoms with Gasteiger partial charge in [0.25, 0.3) is 11.8 Å². The first-order valence-electron chi connectivity index (χ1n) is 9.36. The molecular weight excluding hydrogens is 366 g/mol. The van der Waals surface area contributed by atoms with E-state index in [1.54, 1.807) is 13.2 Å². The number of pyridine rings is 1. The van der Waals surface area contributed by atoms with Gasteiger partial charge in [-0.1, -0.05) is 31.2 Å². The summed E-state index contributed by atoms with van der Waals surface area (Å²) in [5, 5.41) is 5.64. The van der Waals surface area contributed by atoms with Crippen molar-refractivity contribution in [1.29, 1.82) is 0 Å². The average molecular weight is 389 g/mol. The molecule has 0 saturated carbocycles. The second kappa shape index (κ2) is 9.50. The van der Waals surface area contributed by atoms with Crippen molar-refractivity contribution >= 4 is 17.5 Å². The molecular formula is C23H23N3O3. The second-order valence-electron chi connectivity index (χ2n) is 6.47. The lowest BCUT2D eigenvalue weighted by atomic mass is 10.1. The summed E-state index contributed by atoms with van der Waals surface area (Å²) >= 11 is 0. The van der Waals surface area contributed by atoms with Crippen LogP contribution in [0.1, 0.15) is 38.9 Å². The number of benzene rings is 2. The van der Waals surface area contributed by atoms with Crippen LogP contribution >= 0.6 is 0 Å². The predicted molar refractivity (Wildman–Crippen MR) is 112 cm³/mol. The van der Waals surface area contributed by atoms with Gasteiger partial charge in [-0.15, -0.1) is 0 Å². The third-order valence-corrected chi connectivity index (χ3v) is 4.49. The first kappa shape index (κ1) is 20.1. The fourth-order valence-electron chi connectivity index (χ4n) is 2.74. The van der Waals surface area contributed by atoms with E-state index in [1.807, 2.05) is 48.5 Å². The fraction of sp³-hybridized carbons (Fsp3) is 0.174. The molecule has 0 bridgehead atoms. The van der Waals surface area contributed by atoms with Crippen LogP contribution in [-0.2, 0) is 13.0 Å². The van der Waals surface area contributed by atoms with Crippen LogP contribution in [0.4, 0.5) is 5.69 Å². The van der Waals surface area contributed by atoms with E-state index in [-0.39, 0.29) is 17.5 Å². The lowest BCUT2D eigenvalue weighted by Crippen LogP contribution is -2.24. The Morgan fingerprint density at radius 1 is 0.931 bits per heavy atom. The summed E-state index contributed by atoms with van der Waals surface area (Å²) in [4.78, 5) is 29.0. The van der Waals surface area contributed by atoms with Crippen LogP contribution in [0.2, 0.25) is 0 Å². The number of hydrogen-bond donors (Lipinski definition) is 2. The molecule has 2 aromatic carbocycles. The van der Waals surface area contributed by atoms with Gasteiger partial charge in [0.1, 0.15) is 11.4 Å². The number of rotatable bonds is 7. The Morgan fingerprint density at radius 3 is 2.28 bits per heavy atom. The number of hydrogen-bond acceptors (Lipinski definition) is 4. The Morgan fingerprint density at radius 2 is 1.62 bits per heavy atom. The van der Waals surface area contributed by atoms with Crippen molar-refractivity contribution in [1.82, 2.24) is 10.3 Å². The highest BCUT2D eigenvalue weighted by Gasteiger charge is 2.12. The monoisotopic (exact) mass is 389 g/mol.